The normalized spacial score (nSPS) is 12.6. The largest absolute Gasteiger partial charge is 0.394 e. The molecule has 4 nitrogen and oxygen atoms in total. The SMILES string of the molecule is CC(CO)Nc1cnc(Br)cn1. The number of anilines is 1. The topological polar surface area (TPSA) is 58.0 Å². The van der Waals surface area contributed by atoms with Gasteiger partial charge in [-0.15, -0.1) is 0 Å². The molecule has 0 aliphatic heterocycles. The average Bonchev–Trinajstić information content (AvgIpc) is 2.09. The molecule has 1 aromatic rings. The molecular formula is C7H10BrN3O. The number of aromatic nitrogens is 2. The third-order valence-electron chi connectivity index (χ3n) is 1.29. The second kappa shape index (κ2) is 4.37. The molecule has 1 rings (SSSR count). The van der Waals surface area contributed by atoms with Crippen molar-refractivity contribution in [3.8, 4) is 0 Å². The minimum Gasteiger partial charge on any atom is -0.394 e. The Morgan fingerprint density at radius 1 is 1.58 bits per heavy atom. The molecule has 12 heavy (non-hydrogen) atoms. The molecule has 0 radical (unpaired) electrons. The van der Waals surface area contributed by atoms with Crippen LogP contribution in [0.25, 0.3) is 0 Å². The Morgan fingerprint density at radius 2 is 2.33 bits per heavy atom. The predicted octanol–water partition coefficient (Wildman–Crippen LogP) is 1.03. The van der Waals surface area contributed by atoms with E-state index in [1.54, 1.807) is 12.4 Å². The van der Waals surface area contributed by atoms with Gasteiger partial charge in [0, 0.05) is 6.04 Å². The Labute approximate surface area is 79.2 Å². The second-order valence-corrected chi connectivity index (χ2v) is 3.26. The monoisotopic (exact) mass is 231 g/mol. The van der Waals surface area contributed by atoms with E-state index in [2.05, 4.69) is 31.2 Å². The van der Waals surface area contributed by atoms with Crippen LogP contribution in [-0.4, -0.2) is 27.7 Å². The molecule has 1 aromatic heterocycles. The van der Waals surface area contributed by atoms with Gasteiger partial charge >= 0.3 is 0 Å². The van der Waals surface area contributed by atoms with E-state index < -0.39 is 0 Å². The van der Waals surface area contributed by atoms with E-state index in [1.165, 1.54) is 0 Å². The smallest absolute Gasteiger partial charge is 0.144 e. The number of halogens is 1. The highest BCUT2D eigenvalue weighted by Gasteiger charge is 2.00. The molecule has 1 heterocycles. The van der Waals surface area contributed by atoms with Crippen LogP contribution in [0.1, 0.15) is 6.92 Å². The fourth-order valence-corrected chi connectivity index (χ4v) is 0.890. The first kappa shape index (κ1) is 9.41. The highest BCUT2D eigenvalue weighted by atomic mass is 79.9. The van der Waals surface area contributed by atoms with Gasteiger partial charge in [0.05, 0.1) is 19.0 Å². The number of nitrogens with one attached hydrogen (secondary N) is 1. The summed E-state index contributed by atoms with van der Waals surface area (Å²) in [6, 6.07) is 0.000440. The lowest BCUT2D eigenvalue weighted by atomic mass is 10.4. The molecule has 0 aliphatic carbocycles. The van der Waals surface area contributed by atoms with Gasteiger partial charge in [0.25, 0.3) is 0 Å². The van der Waals surface area contributed by atoms with Gasteiger partial charge in [-0.1, -0.05) is 0 Å². The number of nitrogens with zero attached hydrogens (tertiary/aromatic N) is 2. The van der Waals surface area contributed by atoms with Crippen LogP contribution in [0.4, 0.5) is 5.82 Å². The van der Waals surface area contributed by atoms with E-state index >= 15 is 0 Å². The lowest BCUT2D eigenvalue weighted by Crippen LogP contribution is -2.19. The Hall–Kier alpha value is -0.680. The van der Waals surface area contributed by atoms with Gasteiger partial charge in [-0.3, -0.25) is 0 Å². The Morgan fingerprint density at radius 3 is 2.83 bits per heavy atom. The van der Waals surface area contributed by atoms with E-state index in [9.17, 15) is 0 Å². The van der Waals surface area contributed by atoms with Crippen LogP contribution in [0.3, 0.4) is 0 Å². The number of aliphatic hydroxyl groups excluding tert-OH is 1. The summed E-state index contributed by atoms with van der Waals surface area (Å²) >= 11 is 3.18. The van der Waals surface area contributed by atoms with Crippen LogP contribution in [0.5, 0.6) is 0 Å². The minimum atomic E-state index is 0.000440. The summed E-state index contributed by atoms with van der Waals surface area (Å²) in [5, 5.41) is 11.7. The number of hydrogen-bond acceptors (Lipinski definition) is 4. The fraction of sp³-hybridized carbons (Fsp3) is 0.429. The zero-order chi connectivity index (χ0) is 8.97. The molecule has 2 N–H and O–H groups in total. The summed E-state index contributed by atoms with van der Waals surface area (Å²) in [6.45, 7) is 1.95. The van der Waals surface area contributed by atoms with Gasteiger partial charge in [0.15, 0.2) is 0 Å². The van der Waals surface area contributed by atoms with E-state index in [4.69, 9.17) is 5.11 Å². The van der Waals surface area contributed by atoms with Gasteiger partial charge < -0.3 is 10.4 Å². The Bertz CT molecular complexity index is 239. The Kier molecular flexibility index (Phi) is 3.43. The number of rotatable bonds is 3. The van der Waals surface area contributed by atoms with E-state index in [0.29, 0.717) is 10.4 Å². The molecule has 0 fully saturated rings. The van der Waals surface area contributed by atoms with Crippen molar-refractivity contribution in [1.29, 1.82) is 0 Å². The lowest BCUT2D eigenvalue weighted by Gasteiger charge is -2.09. The summed E-state index contributed by atoms with van der Waals surface area (Å²) in [6.07, 6.45) is 3.21. The highest BCUT2D eigenvalue weighted by Crippen LogP contribution is 2.06. The summed E-state index contributed by atoms with van der Waals surface area (Å²) < 4.78 is 0.699. The van der Waals surface area contributed by atoms with Crippen LogP contribution in [0.2, 0.25) is 0 Å². The van der Waals surface area contributed by atoms with Crippen molar-refractivity contribution in [2.45, 2.75) is 13.0 Å². The minimum absolute atomic E-state index is 0.000440. The summed E-state index contributed by atoms with van der Waals surface area (Å²) in [5.41, 5.74) is 0. The molecule has 0 spiro atoms. The lowest BCUT2D eigenvalue weighted by molar-refractivity contribution is 0.281. The quantitative estimate of drug-likeness (QED) is 0.817. The maximum atomic E-state index is 8.73. The summed E-state index contributed by atoms with van der Waals surface area (Å²) in [5.74, 6) is 0.666. The van der Waals surface area contributed by atoms with E-state index in [-0.39, 0.29) is 12.6 Å². The van der Waals surface area contributed by atoms with Crippen molar-refractivity contribution >= 4 is 21.7 Å². The first-order chi connectivity index (χ1) is 5.72. The van der Waals surface area contributed by atoms with Crippen molar-refractivity contribution in [3.63, 3.8) is 0 Å². The second-order valence-electron chi connectivity index (χ2n) is 2.45. The predicted molar refractivity (Wildman–Crippen MR) is 49.9 cm³/mol. The van der Waals surface area contributed by atoms with Gasteiger partial charge in [-0.05, 0) is 22.9 Å². The Balaban J connectivity index is 2.58. The van der Waals surface area contributed by atoms with Crippen LogP contribution < -0.4 is 5.32 Å². The zero-order valence-electron chi connectivity index (χ0n) is 6.66. The molecule has 0 aromatic carbocycles. The molecular weight excluding hydrogens is 222 g/mol. The number of aliphatic hydroxyl groups is 1. The van der Waals surface area contributed by atoms with Crippen LogP contribution in [0, 0.1) is 0 Å². The van der Waals surface area contributed by atoms with Crippen LogP contribution in [0.15, 0.2) is 17.0 Å². The maximum absolute atomic E-state index is 8.73. The molecule has 0 saturated heterocycles. The van der Waals surface area contributed by atoms with Gasteiger partial charge in [-0.2, -0.15) is 0 Å². The molecule has 0 amide bonds. The van der Waals surface area contributed by atoms with Crippen LogP contribution in [-0.2, 0) is 0 Å². The highest BCUT2D eigenvalue weighted by molar-refractivity contribution is 9.10. The van der Waals surface area contributed by atoms with Crippen molar-refractivity contribution in [3.05, 3.63) is 17.0 Å². The maximum Gasteiger partial charge on any atom is 0.144 e. The van der Waals surface area contributed by atoms with Crippen molar-refractivity contribution in [1.82, 2.24) is 9.97 Å². The molecule has 0 saturated carbocycles. The van der Waals surface area contributed by atoms with Gasteiger partial charge in [-0.25, -0.2) is 9.97 Å². The van der Waals surface area contributed by atoms with Crippen molar-refractivity contribution in [2.75, 3.05) is 11.9 Å². The summed E-state index contributed by atoms with van der Waals surface area (Å²) in [4.78, 5) is 8.01. The molecule has 66 valence electrons. The van der Waals surface area contributed by atoms with E-state index in [0.717, 1.165) is 0 Å². The fourth-order valence-electron chi connectivity index (χ4n) is 0.685. The molecule has 1 unspecified atom stereocenters. The third-order valence-corrected chi connectivity index (χ3v) is 1.70. The van der Waals surface area contributed by atoms with Gasteiger partial charge in [0.1, 0.15) is 10.4 Å². The summed E-state index contributed by atoms with van der Waals surface area (Å²) in [7, 11) is 0. The third kappa shape index (κ3) is 2.75. The first-order valence-electron chi connectivity index (χ1n) is 3.57. The van der Waals surface area contributed by atoms with Crippen molar-refractivity contribution < 1.29 is 5.11 Å². The van der Waals surface area contributed by atoms with Crippen LogP contribution >= 0.6 is 15.9 Å². The first-order valence-corrected chi connectivity index (χ1v) is 4.36. The molecule has 0 aliphatic rings. The van der Waals surface area contributed by atoms with Gasteiger partial charge in [0.2, 0.25) is 0 Å². The zero-order valence-corrected chi connectivity index (χ0v) is 8.24. The average molecular weight is 232 g/mol. The number of hydrogen-bond donors (Lipinski definition) is 2. The molecule has 1 atom stereocenters. The standard InChI is InChI=1S/C7H10BrN3O/c1-5(4-12)11-7-3-9-6(8)2-10-7/h2-3,5,12H,4H2,1H3,(H,10,11). The molecule has 0 bridgehead atoms. The van der Waals surface area contributed by atoms with Crippen molar-refractivity contribution in [2.24, 2.45) is 0 Å². The van der Waals surface area contributed by atoms with E-state index in [1.807, 2.05) is 6.92 Å². The molecule has 5 heteroatoms.